The predicted molar refractivity (Wildman–Crippen MR) is 80.4 cm³/mol. The summed E-state index contributed by atoms with van der Waals surface area (Å²) in [5, 5.41) is -0.337. The maximum absolute atomic E-state index is 13.9. The lowest BCUT2D eigenvalue weighted by molar-refractivity contribution is 0.363. The molecule has 2 aromatic rings. The van der Waals surface area contributed by atoms with Crippen molar-refractivity contribution < 1.29 is 8.78 Å². The minimum absolute atomic E-state index is 0.213. The van der Waals surface area contributed by atoms with Crippen molar-refractivity contribution in [2.75, 3.05) is 0 Å². The Morgan fingerprint density at radius 2 is 2.14 bits per heavy atom. The molecule has 2 nitrogen and oxygen atoms in total. The molecule has 1 fully saturated rings. The Labute approximate surface area is 128 Å². The van der Waals surface area contributed by atoms with E-state index in [9.17, 15) is 8.78 Å². The van der Waals surface area contributed by atoms with Gasteiger partial charge in [0.25, 0.3) is 0 Å². The van der Waals surface area contributed by atoms with Crippen molar-refractivity contribution in [3.63, 3.8) is 0 Å². The van der Waals surface area contributed by atoms with Crippen LogP contribution in [0.1, 0.15) is 44.3 Å². The third-order valence-electron chi connectivity index (χ3n) is 4.61. The van der Waals surface area contributed by atoms with Crippen LogP contribution in [0.15, 0.2) is 12.1 Å². The van der Waals surface area contributed by atoms with Crippen molar-refractivity contribution in [3.8, 4) is 0 Å². The molecule has 1 aliphatic carbocycles. The number of benzene rings is 1. The standard InChI is InChI=1S/C16H19ClF2N2/c1-9-4-3-5-11(9)8-21-14-7-12(18)6-13(19)15(14)20-16(21)10(2)17/h6-7,9-11H,3-5,8H2,1-2H3. The molecule has 0 radical (unpaired) electrons. The number of hydrogen-bond donors (Lipinski definition) is 0. The fraction of sp³-hybridized carbons (Fsp3) is 0.562. The molecule has 0 aliphatic heterocycles. The van der Waals surface area contributed by atoms with Gasteiger partial charge in [0, 0.05) is 12.6 Å². The smallest absolute Gasteiger partial charge is 0.153 e. The van der Waals surface area contributed by atoms with Gasteiger partial charge in [-0.3, -0.25) is 0 Å². The Hall–Kier alpha value is -1.16. The summed E-state index contributed by atoms with van der Waals surface area (Å²) in [6.45, 7) is 4.78. The number of hydrogen-bond acceptors (Lipinski definition) is 1. The highest BCUT2D eigenvalue weighted by molar-refractivity contribution is 6.20. The molecule has 0 N–H and O–H groups in total. The largest absolute Gasteiger partial charge is 0.326 e. The van der Waals surface area contributed by atoms with Gasteiger partial charge in [0.05, 0.1) is 10.9 Å². The van der Waals surface area contributed by atoms with Crippen LogP contribution in [0.3, 0.4) is 0 Å². The van der Waals surface area contributed by atoms with Crippen LogP contribution in [-0.2, 0) is 6.54 Å². The lowest BCUT2D eigenvalue weighted by Gasteiger charge is -2.19. The number of halogens is 3. The van der Waals surface area contributed by atoms with Crippen LogP contribution >= 0.6 is 11.6 Å². The molecule has 0 saturated heterocycles. The normalized spacial score (nSPS) is 23.9. The lowest BCUT2D eigenvalue weighted by Crippen LogP contribution is -2.15. The Morgan fingerprint density at radius 3 is 2.76 bits per heavy atom. The second-order valence-corrected chi connectivity index (χ2v) is 6.77. The van der Waals surface area contributed by atoms with E-state index in [0.717, 1.165) is 19.0 Å². The molecule has 5 heteroatoms. The van der Waals surface area contributed by atoms with E-state index in [0.29, 0.717) is 23.2 Å². The van der Waals surface area contributed by atoms with Crippen LogP contribution in [0.25, 0.3) is 11.0 Å². The maximum Gasteiger partial charge on any atom is 0.153 e. The summed E-state index contributed by atoms with van der Waals surface area (Å²) in [4.78, 5) is 4.31. The van der Waals surface area contributed by atoms with E-state index in [4.69, 9.17) is 11.6 Å². The van der Waals surface area contributed by atoms with Crippen molar-refractivity contribution in [1.82, 2.24) is 9.55 Å². The number of rotatable bonds is 3. The molecule has 1 aromatic carbocycles. The molecule has 3 rings (SSSR count). The molecule has 3 atom stereocenters. The second-order valence-electron chi connectivity index (χ2n) is 6.12. The van der Waals surface area contributed by atoms with Crippen LogP contribution in [-0.4, -0.2) is 9.55 Å². The molecule has 114 valence electrons. The van der Waals surface area contributed by atoms with Gasteiger partial charge in [-0.1, -0.05) is 19.8 Å². The van der Waals surface area contributed by atoms with Crippen molar-refractivity contribution in [2.45, 2.75) is 45.0 Å². The van der Waals surface area contributed by atoms with Gasteiger partial charge in [0.2, 0.25) is 0 Å². The maximum atomic E-state index is 13.9. The van der Waals surface area contributed by atoms with E-state index in [-0.39, 0.29) is 10.9 Å². The summed E-state index contributed by atoms with van der Waals surface area (Å²) in [7, 11) is 0. The fourth-order valence-corrected chi connectivity index (χ4v) is 3.56. The van der Waals surface area contributed by atoms with E-state index >= 15 is 0 Å². The molecular formula is C16H19ClF2N2. The van der Waals surface area contributed by atoms with Gasteiger partial charge in [-0.15, -0.1) is 11.6 Å². The first kappa shape index (κ1) is 14.8. The lowest BCUT2D eigenvalue weighted by atomic mass is 9.98. The minimum Gasteiger partial charge on any atom is -0.326 e. The van der Waals surface area contributed by atoms with Gasteiger partial charge < -0.3 is 4.57 Å². The molecule has 1 heterocycles. The molecule has 1 aliphatic rings. The van der Waals surface area contributed by atoms with Crippen molar-refractivity contribution in [3.05, 3.63) is 29.6 Å². The average molecular weight is 313 g/mol. The third kappa shape index (κ3) is 2.66. The van der Waals surface area contributed by atoms with Crippen molar-refractivity contribution in [1.29, 1.82) is 0 Å². The summed E-state index contributed by atoms with van der Waals surface area (Å²) in [6.07, 6.45) is 3.58. The summed E-state index contributed by atoms with van der Waals surface area (Å²) in [5.74, 6) is 0.564. The van der Waals surface area contributed by atoms with Crippen LogP contribution in [0.5, 0.6) is 0 Å². The van der Waals surface area contributed by atoms with E-state index in [2.05, 4.69) is 11.9 Å². The SMILES string of the molecule is CC(Cl)c1nc2c(F)cc(F)cc2n1CC1CCCC1C. The zero-order valence-corrected chi connectivity index (χ0v) is 13.0. The third-order valence-corrected chi connectivity index (χ3v) is 4.81. The van der Waals surface area contributed by atoms with Crippen LogP contribution in [0.2, 0.25) is 0 Å². The molecule has 21 heavy (non-hydrogen) atoms. The van der Waals surface area contributed by atoms with Crippen LogP contribution < -0.4 is 0 Å². The van der Waals surface area contributed by atoms with Gasteiger partial charge in [-0.25, -0.2) is 13.8 Å². The Morgan fingerprint density at radius 1 is 1.38 bits per heavy atom. The van der Waals surface area contributed by atoms with Crippen molar-refractivity contribution in [2.24, 2.45) is 11.8 Å². The predicted octanol–water partition coefficient (Wildman–Crippen LogP) is 5.05. The van der Waals surface area contributed by atoms with Crippen LogP contribution in [0.4, 0.5) is 8.78 Å². The number of imidazole rings is 1. The monoisotopic (exact) mass is 312 g/mol. The second kappa shape index (κ2) is 5.56. The highest BCUT2D eigenvalue weighted by Crippen LogP contribution is 2.35. The Kier molecular flexibility index (Phi) is 3.91. The average Bonchev–Trinajstić information content (AvgIpc) is 2.96. The molecule has 0 amide bonds. The van der Waals surface area contributed by atoms with Crippen LogP contribution in [0, 0.1) is 23.5 Å². The molecule has 0 bridgehead atoms. The highest BCUT2D eigenvalue weighted by Gasteiger charge is 2.27. The quantitative estimate of drug-likeness (QED) is 0.725. The van der Waals surface area contributed by atoms with Gasteiger partial charge in [-0.2, -0.15) is 0 Å². The molecular weight excluding hydrogens is 294 g/mol. The number of nitrogens with zero attached hydrogens (tertiary/aromatic N) is 2. The fourth-order valence-electron chi connectivity index (χ4n) is 3.39. The number of alkyl halides is 1. The zero-order chi connectivity index (χ0) is 15.1. The van der Waals surface area contributed by atoms with Crippen molar-refractivity contribution >= 4 is 22.6 Å². The van der Waals surface area contributed by atoms with E-state index in [1.54, 1.807) is 0 Å². The van der Waals surface area contributed by atoms with Gasteiger partial charge in [0.1, 0.15) is 17.2 Å². The summed E-state index contributed by atoms with van der Waals surface area (Å²) >= 11 is 6.19. The van der Waals surface area contributed by atoms with E-state index in [1.807, 2.05) is 11.5 Å². The molecule has 1 saturated carbocycles. The first-order chi connectivity index (χ1) is 9.97. The number of aromatic nitrogens is 2. The van der Waals surface area contributed by atoms with E-state index in [1.165, 1.54) is 18.9 Å². The van der Waals surface area contributed by atoms with Gasteiger partial charge >= 0.3 is 0 Å². The summed E-state index contributed by atoms with van der Waals surface area (Å²) < 4.78 is 29.4. The topological polar surface area (TPSA) is 17.8 Å². The first-order valence-corrected chi connectivity index (χ1v) is 7.90. The summed E-state index contributed by atoms with van der Waals surface area (Å²) in [5.41, 5.74) is 0.721. The summed E-state index contributed by atoms with van der Waals surface area (Å²) in [6, 6.07) is 2.23. The molecule has 3 unspecified atom stereocenters. The Balaban J connectivity index is 2.11. The molecule has 1 aromatic heterocycles. The molecule has 0 spiro atoms. The Bertz CT molecular complexity index is 666. The van der Waals surface area contributed by atoms with E-state index < -0.39 is 11.6 Å². The first-order valence-electron chi connectivity index (χ1n) is 7.46. The number of fused-ring (bicyclic) bond motifs is 1. The van der Waals surface area contributed by atoms with Gasteiger partial charge in [-0.05, 0) is 31.2 Å². The highest BCUT2D eigenvalue weighted by atomic mass is 35.5. The minimum atomic E-state index is -0.623. The zero-order valence-electron chi connectivity index (χ0n) is 12.2. The van der Waals surface area contributed by atoms with Gasteiger partial charge in [0.15, 0.2) is 5.82 Å².